The third-order valence-corrected chi connectivity index (χ3v) is 3.22. The molecule has 1 aliphatic rings. The third kappa shape index (κ3) is 5.61. The number of nitrogens with one attached hydrogen (secondary N) is 2. The molecule has 1 atom stereocenters. The highest BCUT2D eigenvalue weighted by Crippen LogP contribution is 2.11. The normalized spacial score (nSPS) is 16.9. The number of hydrogen-bond acceptors (Lipinski definition) is 4. The minimum atomic E-state index is -0.488. The molecule has 6 nitrogen and oxygen atoms in total. The fourth-order valence-electron chi connectivity index (χ4n) is 2.08. The molecule has 1 aromatic rings. The van der Waals surface area contributed by atoms with Crippen molar-refractivity contribution in [2.45, 2.75) is 18.9 Å². The third-order valence-electron chi connectivity index (χ3n) is 3.22. The number of ether oxygens (including phenoxy) is 1. The molecule has 0 aromatic heterocycles. The van der Waals surface area contributed by atoms with Crippen molar-refractivity contribution in [1.82, 2.24) is 10.6 Å². The lowest BCUT2D eigenvalue weighted by molar-refractivity contribution is -0.123. The highest BCUT2D eigenvalue weighted by Gasteiger charge is 2.14. The van der Waals surface area contributed by atoms with Crippen molar-refractivity contribution in [2.75, 3.05) is 19.7 Å². The van der Waals surface area contributed by atoms with Gasteiger partial charge in [0.25, 0.3) is 5.91 Å². The first kappa shape index (κ1) is 17.3. The van der Waals surface area contributed by atoms with Crippen molar-refractivity contribution < 1.29 is 14.3 Å². The van der Waals surface area contributed by atoms with Crippen LogP contribution in [0.15, 0.2) is 24.3 Å². The minimum Gasteiger partial charge on any atom is -0.484 e. The first-order chi connectivity index (χ1) is 9.65. The summed E-state index contributed by atoms with van der Waals surface area (Å²) in [5.41, 5.74) is 5.55. The van der Waals surface area contributed by atoms with Crippen molar-refractivity contribution in [2.24, 2.45) is 5.73 Å². The highest BCUT2D eigenvalue weighted by molar-refractivity contribution is 5.92. The Labute approximate surface area is 129 Å². The Morgan fingerprint density at radius 3 is 2.62 bits per heavy atom. The zero-order valence-electron chi connectivity index (χ0n) is 11.6. The van der Waals surface area contributed by atoms with Crippen LogP contribution in [0.3, 0.4) is 0 Å². The van der Waals surface area contributed by atoms with E-state index in [9.17, 15) is 9.59 Å². The average Bonchev–Trinajstić information content (AvgIpc) is 2.96. The number of nitrogens with two attached hydrogens (primary N) is 1. The molecule has 0 saturated carbocycles. The van der Waals surface area contributed by atoms with Gasteiger partial charge in [0.2, 0.25) is 5.91 Å². The van der Waals surface area contributed by atoms with Crippen LogP contribution in [0.2, 0.25) is 0 Å². The van der Waals surface area contributed by atoms with E-state index in [1.165, 1.54) is 0 Å². The second kappa shape index (κ2) is 8.49. The zero-order valence-corrected chi connectivity index (χ0v) is 12.4. The molecule has 1 saturated heterocycles. The van der Waals surface area contributed by atoms with Crippen molar-refractivity contribution in [3.63, 3.8) is 0 Å². The summed E-state index contributed by atoms with van der Waals surface area (Å²) in [5.74, 6) is -0.111. The quantitative estimate of drug-likeness (QED) is 0.711. The van der Waals surface area contributed by atoms with Crippen LogP contribution in [0.25, 0.3) is 0 Å². The van der Waals surface area contributed by atoms with Gasteiger partial charge in [-0.25, -0.2) is 0 Å². The Morgan fingerprint density at radius 2 is 2.05 bits per heavy atom. The molecule has 2 rings (SSSR count). The zero-order chi connectivity index (χ0) is 14.4. The van der Waals surface area contributed by atoms with Crippen LogP contribution in [0.4, 0.5) is 0 Å². The molecule has 1 aromatic carbocycles. The summed E-state index contributed by atoms with van der Waals surface area (Å²) in [6.07, 6.45) is 2.25. The fraction of sp³-hybridized carbons (Fsp3) is 0.429. The number of benzene rings is 1. The van der Waals surface area contributed by atoms with E-state index in [1.54, 1.807) is 24.3 Å². The van der Waals surface area contributed by atoms with Gasteiger partial charge in [-0.15, -0.1) is 12.4 Å². The van der Waals surface area contributed by atoms with E-state index in [0.717, 1.165) is 19.4 Å². The second-order valence-corrected chi connectivity index (χ2v) is 4.77. The monoisotopic (exact) mass is 313 g/mol. The Bertz CT molecular complexity index is 473. The fourth-order valence-corrected chi connectivity index (χ4v) is 2.08. The van der Waals surface area contributed by atoms with Gasteiger partial charge in [0, 0.05) is 18.2 Å². The van der Waals surface area contributed by atoms with Crippen molar-refractivity contribution >= 4 is 24.2 Å². The predicted molar refractivity (Wildman–Crippen MR) is 81.7 cm³/mol. The molecule has 1 aliphatic heterocycles. The number of primary amides is 1. The smallest absolute Gasteiger partial charge is 0.257 e. The van der Waals surface area contributed by atoms with E-state index in [-0.39, 0.29) is 24.9 Å². The number of rotatable bonds is 6. The van der Waals surface area contributed by atoms with Crippen LogP contribution in [0, 0.1) is 0 Å². The summed E-state index contributed by atoms with van der Waals surface area (Å²) in [6, 6.07) is 6.74. The van der Waals surface area contributed by atoms with E-state index in [0.29, 0.717) is 23.9 Å². The Morgan fingerprint density at radius 1 is 1.33 bits per heavy atom. The Hall–Kier alpha value is -1.79. The molecule has 2 amide bonds. The van der Waals surface area contributed by atoms with E-state index < -0.39 is 5.91 Å². The largest absolute Gasteiger partial charge is 0.484 e. The average molecular weight is 314 g/mol. The minimum absolute atomic E-state index is 0. The van der Waals surface area contributed by atoms with Gasteiger partial charge in [0.1, 0.15) is 5.75 Å². The summed E-state index contributed by atoms with van der Waals surface area (Å²) in [7, 11) is 0. The molecular formula is C14H20ClN3O3. The highest BCUT2D eigenvalue weighted by atomic mass is 35.5. The maximum Gasteiger partial charge on any atom is 0.257 e. The molecule has 1 unspecified atom stereocenters. The van der Waals surface area contributed by atoms with Crippen LogP contribution in [0.5, 0.6) is 5.75 Å². The molecule has 0 radical (unpaired) electrons. The molecule has 7 heteroatoms. The van der Waals surface area contributed by atoms with E-state index in [4.69, 9.17) is 10.5 Å². The molecule has 0 bridgehead atoms. The van der Waals surface area contributed by atoms with Crippen LogP contribution in [0.1, 0.15) is 23.2 Å². The summed E-state index contributed by atoms with van der Waals surface area (Å²) in [6.45, 7) is 1.61. The maximum atomic E-state index is 11.6. The lowest BCUT2D eigenvalue weighted by Crippen LogP contribution is -2.39. The Kier molecular flexibility index (Phi) is 6.98. The number of amides is 2. The standard InChI is InChI=1S/C14H19N3O3.ClH/c15-14(19)10-3-5-12(6-4-10)20-9-13(18)17-8-11-2-1-7-16-11;/h3-6,11,16H,1-2,7-9H2,(H2,15,19)(H,17,18);1H. The number of halogens is 1. The first-order valence-corrected chi connectivity index (χ1v) is 6.68. The molecule has 4 N–H and O–H groups in total. The lowest BCUT2D eigenvalue weighted by Gasteiger charge is -2.12. The molecular weight excluding hydrogens is 294 g/mol. The summed E-state index contributed by atoms with van der Waals surface area (Å²) in [5, 5.41) is 6.13. The number of carbonyl (C=O) groups excluding carboxylic acids is 2. The van der Waals surface area contributed by atoms with Gasteiger partial charge in [-0.2, -0.15) is 0 Å². The van der Waals surface area contributed by atoms with Crippen LogP contribution >= 0.6 is 12.4 Å². The van der Waals surface area contributed by atoms with E-state index in [1.807, 2.05) is 0 Å². The summed E-state index contributed by atoms with van der Waals surface area (Å²) < 4.78 is 5.33. The molecule has 21 heavy (non-hydrogen) atoms. The van der Waals surface area contributed by atoms with E-state index >= 15 is 0 Å². The van der Waals surface area contributed by atoms with Gasteiger partial charge >= 0.3 is 0 Å². The van der Waals surface area contributed by atoms with Crippen molar-refractivity contribution in [3.8, 4) is 5.75 Å². The Balaban J connectivity index is 0.00000220. The first-order valence-electron chi connectivity index (χ1n) is 6.68. The summed E-state index contributed by atoms with van der Waals surface area (Å²) >= 11 is 0. The van der Waals surface area contributed by atoms with Gasteiger partial charge in [-0.05, 0) is 43.7 Å². The molecule has 1 fully saturated rings. The lowest BCUT2D eigenvalue weighted by atomic mass is 10.2. The van der Waals surface area contributed by atoms with E-state index in [2.05, 4.69) is 10.6 Å². The van der Waals surface area contributed by atoms with Crippen LogP contribution in [-0.2, 0) is 4.79 Å². The van der Waals surface area contributed by atoms with Crippen LogP contribution < -0.4 is 21.1 Å². The number of carbonyl (C=O) groups is 2. The molecule has 1 heterocycles. The second-order valence-electron chi connectivity index (χ2n) is 4.77. The molecule has 0 spiro atoms. The topological polar surface area (TPSA) is 93.5 Å². The van der Waals surface area contributed by atoms with Crippen molar-refractivity contribution in [1.29, 1.82) is 0 Å². The van der Waals surface area contributed by atoms with Gasteiger partial charge in [0.15, 0.2) is 6.61 Å². The van der Waals surface area contributed by atoms with Gasteiger partial charge < -0.3 is 21.1 Å². The molecule has 116 valence electrons. The summed E-state index contributed by atoms with van der Waals surface area (Å²) in [4.78, 5) is 22.5. The SMILES string of the molecule is Cl.NC(=O)c1ccc(OCC(=O)NCC2CCCN2)cc1. The van der Waals surface area contributed by atoms with Crippen molar-refractivity contribution in [3.05, 3.63) is 29.8 Å². The van der Waals surface area contributed by atoms with Gasteiger partial charge in [-0.1, -0.05) is 0 Å². The van der Waals surface area contributed by atoms with Gasteiger partial charge in [-0.3, -0.25) is 9.59 Å². The van der Waals surface area contributed by atoms with Gasteiger partial charge in [0.05, 0.1) is 0 Å². The predicted octanol–water partition coefficient (Wildman–Crippen LogP) is 0.454. The number of hydrogen-bond donors (Lipinski definition) is 3. The molecule has 0 aliphatic carbocycles. The van der Waals surface area contributed by atoms with Crippen LogP contribution in [-0.4, -0.2) is 37.6 Å². The maximum absolute atomic E-state index is 11.6.